The number of furan rings is 1. The highest BCUT2D eigenvalue weighted by Crippen LogP contribution is 2.54. The van der Waals surface area contributed by atoms with Gasteiger partial charge in [0.1, 0.15) is 11.2 Å². The van der Waals surface area contributed by atoms with Crippen LogP contribution in [-0.2, 0) is 10.8 Å². The molecule has 276 valence electrons. The second kappa shape index (κ2) is 11.8. The van der Waals surface area contributed by atoms with Crippen LogP contribution in [0.3, 0.4) is 0 Å². The van der Waals surface area contributed by atoms with Gasteiger partial charge in [0.25, 0.3) is 0 Å². The van der Waals surface area contributed by atoms with E-state index in [2.05, 4.69) is 209 Å². The lowest BCUT2D eigenvalue weighted by Crippen LogP contribution is -2.18. The lowest BCUT2D eigenvalue weighted by Gasteiger charge is -2.30. The quantitative estimate of drug-likeness (QED) is 0.167. The van der Waals surface area contributed by atoms with Crippen LogP contribution in [0.25, 0.3) is 76.9 Å². The normalized spacial score (nSPS) is 14.5. The molecule has 0 saturated carbocycles. The minimum atomic E-state index is -0.144. The third kappa shape index (κ3) is 4.49. The standard InChI is InChI=1S/C56H41NO/c1-55(2)48-24-14-12-20-40(48)42-28-26-35(32-50(42)55)57(36-27-29-43-41-21-13-15-25-49(41)56(3,4)51(43)33-36)37-30-46(34-16-6-5-7-17-34)53-47(31-37)52-44-22-10-8-18-38(44)39-19-9-11-23-45(39)54(52)58-53/h5-33H,1-4H3. The fraction of sp³-hybridized carbons (Fsp3) is 0.107. The number of hydrogen-bond acceptors (Lipinski definition) is 2. The van der Waals surface area contributed by atoms with Gasteiger partial charge in [-0.05, 0) is 103 Å². The van der Waals surface area contributed by atoms with Gasteiger partial charge in [0.05, 0.1) is 0 Å². The predicted octanol–water partition coefficient (Wildman–Crippen LogP) is 15.6. The Morgan fingerprint density at radius 3 is 1.43 bits per heavy atom. The number of fused-ring (bicyclic) bond motifs is 14. The molecule has 0 fully saturated rings. The number of hydrogen-bond donors (Lipinski definition) is 0. The van der Waals surface area contributed by atoms with Gasteiger partial charge in [-0.3, -0.25) is 0 Å². The Labute approximate surface area is 338 Å². The monoisotopic (exact) mass is 743 g/mol. The van der Waals surface area contributed by atoms with Crippen molar-refractivity contribution >= 4 is 60.5 Å². The van der Waals surface area contributed by atoms with Gasteiger partial charge in [-0.25, -0.2) is 0 Å². The molecule has 0 amide bonds. The number of benzene rings is 9. The van der Waals surface area contributed by atoms with Crippen molar-refractivity contribution in [1.29, 1.82) is 0 Å². The van der Waals surface area contributed by atoms with Crippen molar-refractivity contribution < 1.29 is 4.42 Å². The minimum Gasteiger partial charge on any atom is -0.455 e. The highest BCUT2D eigenvalue weighted by Gasteiger charge is 2.38. The highest BCUT2D eigenvalue weighted by molar-refractivity contribution is 6.31. The van der Waals surface area contributed by atoms with Crippen LogP contribution in [0.15, 0.2) is 180 Å². The van der Waals surface area contributed by atoms with Crippen LogP contribution >= 0.6 is 0 Å². The van der Waals surface area contributed by atoms with Crippen LogP contribution in [0.5, 0.6) is 0 Å². The van der Waals surface area contributed by atoms with Gasteiger partial charge in [-0.15, -0.1) is 0 Å². The number of anilines is 3. The zero-order chi connectivity index (χ0) is 38.9. The molecule has 12 rings (SSSR count). The molecule has 0 aliphatic heterocycles. The van der Waals surface area contributed by atoms with E-state index in [0.717, 1.165) is 55.5 Å². The Kier molecular flexibility index (Phi) is 6.78. The van der Waals surface area contributed by atoms with Gasteiger partial charge >= 0.3 is 0 Å². The highest BCUT2D eigenvalue weighted by atomic mass is 16.3. The molecule has 0 spiro atoms. The Bertz CT molecular complexity index is 3240. The van der Waals surface area contributed by atoms with Crippen molar-refractivity contribution in [3.05, 3.63) is 198 Å². The SMILES string of the molecule is CC1(C)c2ccccc2-c2ccc(N(c3ccc4c(c3)C(C)(C)c3ccccc3-4)c3cc(-c4ccccc4)c4oc5c6ccccc6c6ccccc6c5c4c3)cc21. The summed E-state index contributed by atoms with van der Waals surface area (Å²) in [5.74, 6) is 0. The first-order chi connectivity index (χ1) is 28.3. The predicted molar refractivity (Wildman–Crippen MR) is 244 cm³/mol. The summed E-state index contributed by atoms with van der Waals surface area (Å²) in [4.78, 5) is 2.49. The zero-order valence-corrected chi connectivity index (χ0v) is 33.1. The average molecular weight is 744 g/mol. The summed E-state index contributed by atoms with van der Waals surface area (Å²) in [5.41, 5.74) is 17.8. The van der Waals surface area contributed by atoms with Crippen LogP contribution in [0, 0.1) is 0 Å². The average Bonchev–Trinajstić information content (AvgIpc) is 3.84. The van der Waals surface area contributed by atoms with Crippen LogP contribution in [0.4, 0.5) is 17.1 Å². The van der Waals surface area contributed by atoms with E-state index >= 15 is 0 Å². The maximum atomic E-state index is 7.13. The number of rotatable bonds is 4. The van der Waals surface area contributed by atoms with Crippen molar-refractivity contribution in [2.24, 2.45) is 0 Å². The molecule has 2 aliphatic rings. The minimum absolute atomic E-state index is 0.144. The molecule has 1 aromatic heterocycles. The van der Waals surface area contributed by atoms with E-state index in [0.29, 0.717) is 0 Å². The van der Waals surface area contributed by atoms with E-state index in [4.69, 9.17) is 4.42 Å². The maximum absolute atomic E-state index is 7.13. The second-order valence-corrected chi connectivity index (χ2v) is 17.3. The number of nitrogens with zero attached hydrogens (tertiary/aromatic N) is 1. The molecular formula is C56H41NO. The first-order valence-corrected chi connectivity index (χ1v) is 20.4. The summed E-state index contributed by atoms with van der Waals surface area (Å²) in [5, 5.41) is 7.03. The van der Waals surface area contributed by atoms with Crippen LogP contribution in [-0.4, -0.2) is 0 Å². The van der Waals surface area contributed by atoms with Crippen molar-refractivity contribution in [2.45, 2.75) is 38.5 Å². The third-order valence-electron chi connectivity index (χ3n) is 13.4. The topological polar surface area (TPSA) is 16.4 Å². The van der Waals surface area contributed by atoms with Gasteiger partial charge in [-0.2, -0.15) is 0 Å². The molecule has 0 N–H and O–H groups in total. The Morgan fingerprint density at radius 1 is 0.345 bits per heavy atom. The van der Waals surface area contributed by atoms with Crippen molar-refractivity contribution in [3.8, 4) is 33.4 Å². The summed E-state index contributed by atoms with van der Waals surface area (Å²) < 4.78 is 7.13. The van der Waals surface area contributed by atoms with E-state index < -0.39 is 0 Å². The summed E-state index contributed by atoms with van der Waals surface area (Å²) in [7, 11) is 0. The van der Waals surface area contributed by atoms with Crippen LogP contribution in [0.1, 0.15) is 49.9 Å². The molecule has 2 heteroatoms. The van der Waals surface area contributed by atoms with E-state index in [1.165, 1.54) is 60.7 Å². The molecule has 0 radical (unpaired) electrons. The summed E-state index contributed by atoms with van der Waals surface area (Å²) in [6.45, 7) is 9.47. The fourth-order valence-corrected chi connectivity index (χ4v) is 10.6. The van der Waals surface area contributed by atoms with Crippen molar-refractivity contribution in [2.75, 3.05) is 4.90 Å². The molecule has 2 aliphatic carbocycles. The second-order valence-electron chi connectivity index (χ2n) is 17.3. The molecule has 0 atom stereocenters. The molecular weight excluding hydrogens is 703 g/mol. The van der Waals surface area contributed by atoms with Gasteiger partial charge in [0.2, 0.25) is 0 Å². The Morgan fingerprint density at radius 2 is 0.828 bits per heavy atom. The summed E-state index contributed by atoms with van der Waals surface area (Å²) in [6.07, 6.45) is 0. The van der Waals surface area contributed by atoms with E-state index in [1.807, 2.05) is 0 Å². The van der Waals surface area contributed by atoms with E-state index in [-0.39, 0.29) is 10.8 Å². The maximum Gasteiger partial charge on any atom is 0.143 e. The smallest absolute Gasteiger partial charge is 0.143 e. The van der Waals surface area contributed by atoms with Crippen LogP contribution < -0.4 is 4.90 Å². The Balaban J connectivity index is 1.18. The van der Waals surface area contributed by atoms with Gasteiger partial charge in [-0.1, -0.05) is 167 Å². The molecule has 58 heavy (non-hydrogen) atoms. The molecule has 9 aromatic carbocycles. The molecule has 10 aromatic rings. The molecule has 1 heterocycles. The fourth-order valence-electron chi connectivity index (χ4n) is 10.6. The van der Waals surface area contributed by atoms with Gasteiger partial charge < -0.3 is 9.32 Å². The van der Waals surface area contributed by atoms with Crippen molar-refractivity contribution in [3.63, 3.8) is 0 Å². The first kappa shape index (κ1) is 33.3. The molecule has 0 bridgehead atoms. The molecule has 0 unspecified atom stereocenters. The van der Waals surface area contributed by atoms with Gasteiger partial charge in [0, 0.05) is 49.6 Å². The largest absolute Gasteiger partial charge is 0.455 e. The molecule has 2 nitrogen and oxygen atoms in total. The van der Waals surface area contributed by atoms with E-state index in [9.17, 15) is 0 Å². The van der Waals surface area contributed by atoms with Crippen LogP contribution in [0.2, 0.25) is 0 Å². The zero-order valence-electron chi connectivity index (χ0n) is 33.1. The van der Waals surface area contributed by atoms with Gasteiger partial charge in [0.15, 0.2) is 0 Å². The molecule has 0 saturated heterocycles. The summed E-state index contributed by atoms with van der Waals surface area (Å²) in [6, 6.07) is 65.0. The third-order valence-corrected chi connectivity index (χ3v) is 13.4. The van der Waals surface area contributed by atoms with E-state index in [1.54, 1.807) is 0 Å². The lowest BCUT2D eigenvalue weighted by atomic mass is 9.82. The first-order valence-electron chi connectivity index (χ1n) is 20.4. The van der Waals surface area contributed by atoms with Crippen molar-refractivity contribution in [1.82, 2.24) is 0 Å². The summed E-state index contributed by atoms with van der Waals surface area (Å²) >= 11 is 0. The Hall–Kier alpha value is -6.90. The lowest BCUT2D eigenvalue weighted by molar-refractivity contribution is 0.660.